The van der Waals surface area contributed by atoms with Gasteiger partial charge >= 0.3 is 0 Å². The highest BCUT2D eigenvalue weighted by molar-refractivity contribution is 4.99. The molecule has 0 aromatic carbocycles. The van der Waals surface area contributed by atoms with Gasteiger partial charge in [0.1, 0.15) is 0 Å². The highest BCUT2D eigenvalue weighted by Gasteiger charge is 2.40. The van der Waals surface area contributed by atoms with Crippen LogP contribution in [0.1, 0.15) is 38.5 Å². The third-order valence-electron chi connectivity index (χ3n) is 3.68. The lowest BCUT2D eigenvalue weighted by atomic mass is 9.71. The third kappa shape index (κ3) is 1.63. The van der Waals surface area contributed by atoms with Crippen LogP contribution in [0.4, 0.5) is 4.39 Å². The molecule has 2 heteroatoms. The fourth-order valence-electron chi connectivity index (χ4n) is 2.10. The molecule has 1 nitrogen and oxygen atoms in total. The van der Waals surface area contributed by atoms with E-state index in [1.165, 1.54) is 25.7 Å². The molecule has 0 saturated heterocycles. The van der Waals surface area contributed by atoms with E-state index in [4.69, 9.17) is 5.73 Å². The van der Waals surface area contributed by atoms with Crippen molar-refractivity contribution in [3.05, 3.63) is 0 Å². The molecule has 2 aliphatic carbocycles. The van der Waals surface area contributed by atoms with Gasteiger partial charge in [-0.2, -0.15) is 0 Å². The summed E-state index contributed by atoms with van der Waals surface area (Å²) in [6, 6.07) is 0. The van der Waals surface area contributed by atoms with Gasteiger partial charge < -0.3 is 5.73 Å². The number of nitrogens with two attached hydrogens (primary N) is 1. The molecular weight excluding hydrogens is 153 g/mol. The van der Waals surface area contributed by atoms with E-state index in [0.717, 1.165) is 12.8 Å². The maximum Gasteiger partial charge on any atom is 0.0925 e. The summed E-state index contributed by atoms with van der Waals surface area (Å²) >= 11 is 0. The molecule has 2 N–H and O–H groups in total. The highest BCUT2D eigenvalue weighted by atomic mass is 19.1. The second-order valence-corrected chi connectivity index (χ2v) is 4.65. The van der Waals surface area contributed by atoms with E-state index in [1.54, 1.807) is 0 Å². The van der Waals surface area contributed by atoms with Crippen LogP contribution in [0.2, 0.25) is 0 Å². The fourth-order valence-corrected chi connectivity index (χ4v) is 2.10. The lowest BCUT2D eigenvalue weighted by Crippen LogP contribution is -2.30. The molecule has 2 aliphatic rings. The second kappa shape index (κ2) is 2.99. The van der Waals surface area contributed by atoms with E-state index in [2.05, 4.69) is 0 Å². The van der Waals surface area contributed by atoms with Gasteiger partial charge in [-0.05, 0) is 50.4 Å². The van der Waals surface area contributed by atoms with Crippen LogP contribution in [0.25, 0.3) is 0 Å². The van der Waals surface area contributed by atoms with Crippen molar-refractivity contribution in [2.45, 2.75) is 44.1 Å². The zero-order valence-corrected chi connectivity index (χ0v) is 7.56. The Hall–Kier alpha value is -0.110. The minimum Gasteiger partial charge on any atom is -0.325 e. The van der Waals surface area contributed by atoms with Gasteiger partial charge in [0.05, 0.1) is 6.67 Å². The largest absolute Gasteiger partial charge is 0.325 e. The molecule has 2 rings (SSSR count). The number of halogens is 1. The fraction of sp³-hybridized carbons (Fsp3) is 1.00. The topological polar surface area (TPSA) is 26.0 Å². The van der Waals surface area contributed by atoms with Gasteiger partial charge in [-0.1, -0.05) is 0 Å². The molecule has 2 saturated carbocycles. The first kappa shape index (κ1) is 8.49. The van der Waals surface area contributed by atoms with Gasteiger partial charge in [0, 0.05) is 5.54 Å². The second-order valence-electron chi connectivity index (χ2n) is 4.65. The van der Waals surface area contributed by atoms with Crippen LogP contribution in [0.3, 0.4) is 0 Å². The molecule has 0 spiro atoms. The number of hydrogen-bond donors (Lipinski definition) is 1. The molecule has 2 fully saturated rings. The first-order valence-electron chi connectivity index (χ1n) is 5.08. The van der Waals surface area contributed by atoms with E-state index in [0.29, 0.717) is 11.8 Å². The number of hydrogen-bond acceptors (Lipinski definition) is 1. The molecule has 70 valence electrons. The minimum atomic E-state index is -0.109. The summed E-state index contributed by atoms with van der Waals surface area (Å²) in [5.41, 5.74) is 6.14. The van der Waals surface area contributed by atoms with Gasteiger partial charge in [0.25, 0.3) is 0 Å². The monoisotopic (exact) mass is 171 g/mol. The molecule has 0 aromatic rings. The molecule has 0 amide bonds. The average molecular weight is 171 g/mol. The molecule has 12 heavy (non-hydrogen) atoms. The maximum absolute atomic E-state index is 12.3. The normalized spacial score (nSPS) is 37.5. The number of alkyl halides is 1. The average Bonchev–Trinajstić information content (AvgIpc) is 2.68. The Labute approximate surface area is 73.5 Å². The predicted octanol–water partition coefficient (Wildman–Crippen LogP) is 2.25. The highest BCUT2D eigenvalue weighted by Crippen LogP contribution is 2.43. The van der Waals surface area contributed by atoms with Gasteiger partial charge in [0.15, 0.2) is 0 Å². The third-order valence-corrected chi connectivity index (χ3v) is 3.68. The van der Waals surface area contributed by atoms with Crippen LogP contribution in [-0.2, 0) is 0 Å². The van der Waals surface area contributed by atoms with Crippen LogP contribution >= 0.6 is 0 Å². The maximum atomic E-state index is 12.3. The van der Waals surface area contributed by atoms with Gasteiger partial charge in [-0.3, -0.25) is 4.39 Å². The quantitative estimate of drug-likeness (QED) is 0.689. The molecule has 2 unspecified atom stereocenters. The smallest absolute Gasteiger partial charge is 0.0925 e. The van der Waals surface area contributed by atoms with Crippen LogP contribution in [-0.4, -0.2) is 12.2 Å². The summed E-state index contributed by atoms with van der Waals surface area (Å²) in [5.74, 6) is 1.04. The molecule has 0 radical (unpaired) electrons. The van der Waals surface area contributed by atoms with E-state index >= 15 is 0 Å². The summed E-state index contributed by atoms with van der Waals surface area (Å²) < 4.78 is 12.3. The van der Waals surface area contributed by atoms with Crippen molar-refractivity contribution >= 4 is 0 Å². The zero-order valence-electron chi connectivity index (χ0n) is 7.56. The molecule has 0 heterocycles. The Morgan fingerprint density at radius 3 is 2.33 bits per heavy atom. The van der Waals surface area contributed by atoms with Gasteiger partial charge in [-0.15, -0.1) is 0 Å². The Morgan fingerprint density at radius 2 is 1.92 bits per heavy atom. The van der Waals surface area contributed by atoms with E-state index in [1.807, 2.05) is 0 Å². The van der Waals surface area contributed by atoms with Crippen LogP contribution in [0.5, 0.6) is 0 Å². The summed E-state index contributed by atoms with van der Waals surface area (Å²) in [7, 11) is 0. The Kier molecular flexibility index (Phi) is 2.11. The Balaban J connectivity index is 1.66. The van der Waals surface area contributed by atoms with Crippen molar-refractivity contribution in [2.24, 2.45) is 17.6 Å². The van der Waals surface area contributed by atoms with Crippen molar-refractivity contribution in [3.63, 3.8) is 0 Å². The SMILES string of the molecule is NC1(CCC2CCC2CF)CC1. The van der Waals surface area contributed by atoms with Crippen LogP contribution < -0.4 is 5.73 Å². The lowest BCUT2D eigenvalue weighted by Gasteiger charge is -2.35. The van der Waals surface area contributed by atoms with Crippen molar-refractivity contribution < 1.29 is 4.39 Å². The Bertz CT molecular complexity index is 163. The van der Waals surface area contributed by atoms with Crippen molar-refractivity contribution in [3.8, 4) is 0 Å². The molecule has 2 atom stereocenters. The molecule has 0 aliphatic heterocycles. The first-order chi connectivity index (χ1) is 5.73. The van der Waals surface area contributed by atoms with E-state index in [9.17, 15) is 4.39 Å². The lowest BCUT2D eigenvalue weighted by molar-refractivity contribution is 0.123. The number of rotatable bonds is 4. The summed E-state index contributed by atoms with van der Waals surface area (Å²) in [6.07, 6.45) is 7.04. The van der Waals surface area contributed by atoms with Gasteiger partial charge in [0.2, 0.25) is 0 Å². The van der Waals surface area contributed by atoms with Crippen LogP contribution in [0.15, 0.2) is 0 Å². The zero-order chi connectivity index (χ0) is 8.60. The van der Waals surface area contributed by atoms with Crippen molar-refractivity contribution in [2.75, 3.05) is 6.67 Å². The molecular formula is C10H18FN. The molecule has 0 aromatic heterocycles. The van der Waals surface area contributed by atoms with Crippen molar-refractivity contribution in [1.29, 1.82) is 0 Å². The van der Waals surface area contributed by atoms with E-state index < -0.39 is 0 Å². The van der Waals surface area contributed by atoms with E-state index in [-0.39, 0.29) is 12.2 Å². The summed E-state index contributed by atoms with van der Waals surface area (Å²) in [4.78, 5) is 0. The Morgan fingerprint density at radius 1 is 1.25 bits per heavy atom. The first-order valence-corrected chi connectivity index (χ1v) is 5.08. The van der Waals surface area contributed by atoms with Crippen LogP contribution in [0, 0.1) is 11.8 Å². The standard InChI is InChI=1S/C10H18FN/c11-7-9-2-1-8(9)3-4-10(12)5-6-10/h8-9H,1-7,12H2. The predicted molar refractivity (Wildman–Crippen MR) is 47.6 cm³/mol. The van der Waals surface area contributed by atoms with Crippen molar-refractivity contribution in [1.82, 2.24) is 0 Å². The molecule has 0 bridgehead atoms. The summed E-state index contributed by atoms with van der Waals surface area (Å²) in [5, 5.41) is 0. The minimum absolute atomic E-state index is 0.109. The van der Waals surface area contributed by atoms with Gasteiger partial charge in [-0.25, -0.2) is 0 Å². The summed E-state index contributed by atoms with van der Waals surface area (Å²) in [6.45, 7) is -0.109.